The number of nitrogens with one attached hydrogen (secondary N) is 1. The van der Waals surface area contributed by atoms with Crippen molar-refractivity contribution < 1.29 is 14.4 Å². The van der Waals surface area contributed by atoms with Crippen LogP contribution in [0.5, 0.6) is 0 Å². The Morgan fingerprint density at radius 1 is 1.31 bits per heavy atom. The average Bonchev–Trinajstić information content (AvgIpc) is 2.21. The van der Waals surface area contributed by atoms with Gasteiger partial charge in [0.2, 0.25) is 11.8 Å². The molecule has 0 aliphatic carbocycles. The average molecular weight is 224 g/mol. The van der Waals surface area contributed by atoms with Crippen LogP contribution in [-0.4, -0.2) is 29.3 Å². The zero-order valence-electron chi connectivity index (χ0n) is 9.74. The van der Waals surface area contributed by atoms with E-state index >= 15 is 0 Å². The molecule has 0 aromatic heterocycles. The van der Waals surface area contributed by atoms with E-state index in [0.29, 0.717) is 13.0 Å². The minimum absolute atomic E-state index is 0.297. The molecule has 1 aliphatic rings. The number of barbiturate groups is 1. The number of hydrogen-bond donors (Lipinski definition) is 1. The molecular weight excluding hydrogens is 208 g/mol. The first-order valence-electron chi connectivity index (χ1n) is 5.19. The van der Waals surface area contributed by atoms with Gasteiger partial charge in [-0.2, -0.15) is 0 Å². The zero-order valence-corrected chi connectivity index (χ0v) is 9.74. The van der Waals surface area contributed by atoms with Crippen molar-refractivity contribution in [1.82, 2.24) is 10.2 Å². The number of rotatable bonds is 3. The molecule has 1 saturated heterocycles. The van der Waals surface area contributed by atoms with Crippen LogP contribution in [-0.2, 0) is 9.59 Å². The maximum absolute atomic E-state index is 11.9. The first-order valence-corrected chi connectivity index (χ1v) is 5.19. The highest BCUT2D eigenvalue weighted by molar-refractivity contribution is 6.18. The number of carbonyl (C=O) groups is 3. The summed E-state index contributed by atoms with van der Waals surface area (Å²) in [6.45, 7) is 5.19. The van der Waals surface area contributed by atoms with Crippen LogP contribution in [0.1, 0.15) is 27.2 Å². The van der Waals surface area contributed by atoms with Gasteiger partial charge in [-0.1, -0.05) is 12.2 Å². The molecule has 1 rings (SSSR count). The van der Waals surface area contributed by atoms with E-state index in [4.69, 9.17) is 0 Å². The third-order valence-corrected chi connectivity index (χ3v) is 2.57. The zero-order chi connectivity index (χ0) is 12.3. The van der Waals surface area contributed by atoms with Crippen LogP contribution >= 0.6 is 0 Å². The number of urea groups is 1. The molecule has 0 atom stereocenters. The standard InChI is InChI=1S/C11H16N2O3/c1-4-5-6-7-13-9(15)11(2,3)8(14)12-10(13)16/h4-5H,6-7H2,1-3H3,(H,12,14,16)/b5-4+. The molecule has 5 nitrogen and oxygen atoms in total. The van der Waals surface area contributed by atoms with Gasteiger partial charge in [0, 0.05) is 6.54 Å². The molecule has 0 spiro atoms. The van der Waals surface area contributed by atoms with Gasteiger partial charge in [0.05, 0.1) is 0 Å². The summed E-state index contributed by atoms with van der Waals surface area (Å²) in [5.41, 5.74) is -1.16. The largest absolute Gasteiger partial charge is 0.330 e. The number of carbonyl (C=O) groups excluding carboxylic acids is 3. The smallest absolute Gasteiger partial charge is 0.277 e. The summed E-state index contributed by atoms with van der Waals surface area (Å²) >= 11 is 0. The van der Waals surface area contributed by atoms with E-state index in [2.05, 4.69) is 5.32 Å². The van der Waals surface area contributed by atoms with Crippen LogP contribution in [0.4, 0.5) is 4.79 Å². The summed E-state index contributed by atoms with van der Waals surface area (Å²) in [6.07, 6.45) is 4.31. The van der Waals surface area contributed by atoms with Crippen LogP contribution in [0.15, 0.2) is 12.2 Å². The molecule has 0 unspecified atom stereocenters. The maximum atomic E-state index is 11.9. The molecule has 4 amide bonds. The topological polar surface area (TPSA) is 66.5 Å². The Bertz CT molecular complexity index is 358. The summed E-state index contributed by atoms with van der Waals surface area (Å²) in [5.74, 6) is -0.976. The fourth-order valence-electron chi connectivity index (χ4n) is 1.42. The molecule has 5 heteroatoms. The third kappa shape index (κ3) is 2.13. The predicted octanol–water partition coefficient (Wildman–Crippen LogP) is 1.06. The van der Waals surface area contributed by atoms with Crippen LogP contribution in [0.3, 0.4) is 0 Å². The van der Waals surface area contributed by atoms with E-state index in [1.165, 1.54) is 13.8 Å². The van der Waals surface area contributed by atoms with Gasteiger partial charge in [-0.3, -0.25) is 19.8 Å². The van der Waals surface area contributed by atoms with Crippen LogP contribution in [0.2, 0.25) is 0 Å². The van der Waals surface area contributed by atoms with Crippen molar-refractivity contribution in [1.29, 1.82) is 0 Å². The summed E-state index contributed by atoms with van der Waals surface area (Å²) in [4.78, 5) is 35.8. The number of allylic oxidation sites excluding steroid dienone is 1. The Hall–Kier alpha value is -1.65. The van der Waals surface area contributed by atoms with Crippen molar-refractivity contribution in [2.75, 3.05) is 6.54 Å². The molecule has 88 valence electrons. The first kappa shape index (κ1) is 12.4. The molecule has 0 bridgehead atoms. The Morgan fingerprint density at radius 3 is 2.50 bits per heavy atom. The lowest BCUT2D eigenvalue weighted by atomic mass is 9.89. The van der Waals surface area contributed by atoms with Crippen molar-refractivity contribution in [2.45, 2.75) is 27.2 Å². The van der Waals surface area contributed by atoms with Gasteiger partial charge in [0.25, 0.3) is 0 Å². The number of nitrogens with zero attached hydrogens (tertiary/aromatic N) is 1. The third-order valence-electron chi connectivity index (χ3n) is 2.57. The van der Waals surface area contributed by atoms with Gasteiger partial charge in [0.15, 0.2) is 0 Å². The predicted molar refractivity (Wildman–Crippen MR) is 58.5 cm³/mol. The van der Waals surface area contributed by atoms with E-state index in [1.807, 2.05) is 19.1 Å². The Kier molecular flexibility index (Phi) is 3.47. The quantitative estimate of drug-likeness (QED) is 0.575. The van der Waals surface area contributed by atoms with E-state index in [9.17, 15) is 14.4 Å². The second kappa shape index (κ2) is 4.47. The van der Waals surface area contributed by atoms with Crippen LogP contribution < -0.4 is 5.32 Å². The minimum atomic E-state index is -1.16. The molecule has 1 N–H and O–H groups in total. The summed E-state index contributed by atoms with van der Waals surface area (Å²) in [6, 6.07) is -0.626. The molecule has 0 aromatic rings. The van der Waals surface area contributed by atoms with Gasteiger partial charge < -0.3 is 0 Å². The van der Waals surface area contributed by atoms with E-state index < -0.39 is 23.3 Å². The van der Waals surface area contributed by atoms with E-state index in [0.717, 1.165) is 4.90 Å². The van der Waals surface area contributed by atoms with Crippen molar-refractivity contribution in [3.8, 4) is 0 Å². The van der Waals surface area contributed by atoms with Crippen LogP contribution in [0.25, 0.3) is 0 Å². The van der Waals surface area contributed by atoms with Crippen LogP contribution in [0, 0.1) is 5.41 Å². The summed E-state index contributed by atoms with van der Waals surface area (Å²) < 4.78 is 0. The maximum Gasteiger partial charge on any atom is 0.330 e. The second-order valence-corrected chi connectivity index (χ2v) is 4.20. The van der Waals surface area contributed by atoms with Crippen molar-refractivity contribution in [3.63, 3.8) is 0 Å². The minimum Gasteiger partial charge on any atom is -0.277 e. The van der Waals surface area contributed by atoms with E-state index in [-0.39, 0.29) is 0 Å². The molecule has 16 heavy (non-hydrogen) atoms. The van der Waals surface area contributed by atoms with Gasteiger partial charge in [-0.05, 0) is 27.2 Å². The summed E-state index contributed by atoms with van der Waals surface area (Å²) in [7, 11) is 0. The second-order valence-electron chi connectivity index (χ2n) is 4.20. The highest BCUT2D eigenvalue weighted by Gasteiger charge is 2.46. The lowest BCUT2D eigenvalue weighted by Crippen LogP contribution is -2.61. The van der Waals surface area contributed by atoms with Crippen molar-refractivity contribution in [2.24, 2.45) is 5.41 Å². The first-order chi connectivity index (χ1) is 7.41. The normalized spacial score (nSPS) is 20.4. The highest BCUT2D eigenvalue weighted by atomic mass is 16.2. The molecule has 1 heterocycles. The Morgan fingerprint density at radius 2 is 1.94 bits per heavy atom. The summed E-state index contributed by atoms with van der Waals surface area (Å²) in [5, 5.41) is 2.18. The Balaban J connectivity index is 2.80. The number of hydrogen-bond acceptors (Lipinski definition) is 3. The molecule has 1 aliphatic heterocycles. The SMILES string of the molecule is C/C=C/CCN1C(=O)NC(=O)C(C)(C)C1=O. The number of imide groups is 2. The fraction of sp³-hybridized carbons (Fsp3) is 0.545. The monoisotopic (exact) mass is 224 g/mol. The van der Waals surface area contributed by atoms with Crippen molar-refractivity contribution in [3.05, 3.63) is 12.2 Å². The van der Waals surface area contributed by atoms with Gasteiger partial charge in [0.1, 0.15) is 5.41 Å². The van der Waals surface area contributed by atoms with E-state index in [1.54, 1.807) is 0 Å². The number of amides is 4. The lowest BCUT2D eigenvalue weighted by Gasteiger charge is -2.34. The van der Waals surface area contributed by atoms with Gasteiger partial charge in [-0.15, -0.1) is 0 Å². The molecule has 0 saturated carbocycles. The molecular formula is C11H16N2O3. The molecule has 1 fully saturated rings. The fourth-order valence-corrected chi connectivity index (χ4v) is 1.42. The molecule has 0 radical (unpaired) electrons. The highest BCUT2D eigenvalue weighted by Crippen LogP contribution is 2.23. The van der Waals surface area contributed by atoms with Crippen molar-refractivity contribution >= 4 is 17.8 Å². The Labute approximate surface area is 94.5 Å². The van der Waals surface area contributed by atoms with Gasteiger partial charge >= 0.3 is 6.03 Å². The molecule has 0 aromatic carbocycles. The van der Waals surface area contributed by atoms with Gasteiger partial charge in [-0.25, -0.2) is 4.79 Å². The lowest BCUT2D eigenvalue weighted by molar-refractivity contribution is -0.148.